The van der Waals surface area contributed by atoms with Gasteiger partial charge in [0, 0.05) is 17.8 Å². The van der Waals surface area contributed by atoms with E-state index in [1.165, 1.54) is 0 Å². The van der Waals surface area contributed by atoms with E-state index in [4.69, 9.17) is 10.5 Å². The van der Waals surface area contributed by atoms with Crippen molar-refractivity contribution in [3.8, 4) is 5.88 Å². The third-order valence-corrected chi connectivity index (χ3v) is 2.02. The molecule has 0 aliphatic carbocycles. The molecular weight excluding hydrogens is 152 g/mol. The van der Waals surface area contributed by atoms with Gasteiger partial charge in [0.2, 0.25) is 0 Å². The minimum atomic E-state index is 0.0474. The maximum absolute atomic E-state index is 5.96. The van der Waals surface area contributed by atoms with Crippen LogP contribution in [0.1, 0.15) is 25.5 Å². The highest BCUT2D eigenvalue weighted by atomic mass is 16.5. The van der Waals surface area contributed by atoms with E-state index in [2.05, 4.69) is 18.8 Å². The maximum atomic E-state index is 5.96. The molecule has 3 N–H and O–H groups in total. The van der Waals surface area contributed by atoms with Crippen molar-refractivity contribution in [1.82, 2.24) is 4.98 Å². The zero-order valence-electron chi connectivity index (χ0n) is 7.79. The van der Waals surface area contributed by atoms with Crippen LogP contribution < -0.4 is 10.5 Å². The first-order valence-electron chi connectivity index (χ1n) is 4.13. The van der Waals surface area contributed by atoms with Crippen LogP contribution in [0.2, 0.25) is 0 Å². The molecular formula is C9H16N2O. The Morgan fingerprint density at radius 1 is 1.50 bits per heavy atom. The predicted molar refractivity (Wildman–Crippen MR) is 49.1 cm³/mol. The Kier molecular flexibility index (Phi) is 2.76. The molecule has 0 aliphatic rings. The summed E-state index contributed by atoms with van der Waals surface area (Å²) >= 11 is 0. The molecule has 1 rings (SSSR count). The summed E-state index contributed by atoms with van der Waals surface area (Å²) in [5.74, 6) is 1.20. The molecule has 0 bridgehead atoms. The summed E-state index contributed by atoms with van der Waals surface area (Å²) in [5, 5.41) is 0. The quantitative estimate of drug-likeness (QED) is 0.721. The lowest BCUT2D eigenvalue weighted by atomic mass is 9.99. The summed E-state index contributed by atoms with van der Waals surface area (Å²) < 4.78 is 5.12. The van der Waals surface area contributed by atoms with Gasteiger partial charge in [0.1, 0.15) is 0 Å². The van der Waals surface area contributed by atoms with E-state index in [0.717, 1.165) is 11.4 Å². The summed E-state index contributed by atoms with van der Waals surface area (Å²) in [4.78, 5) is 2.99. The molecule has 3 heteroatoms. The highest BCUT2D eigenvalue weighted by molar-refractivity contribution is 5.29. The summed E-state index contributed by atoms with van der Waals surface area (Å²) in [6, 6.07) is 2.01. The Balaban J connectivity index is 2.86. The van der Waals surface area contributed by atoms with Crippen molar-refractivity contribution in [3.05, 3.63) is 17.8 Å². The van der Waals surface area contributed by atoms with Gasteiger partial charge in [-0.15, -0.1) is 0 Å². The van der Waals surface area contributed by atoms with Gasteiger partial charge in [-0.25, -0.2) is 0 Å². The monoisotopic (exact) mass is 168 g/mol. The second-order valence-corrected chi connectivity index (χ2v) is 3.24. The van der Waals surface area contributed by atoms with Gasteiger partial charge in [-0.2, -0.15) is 0 Å². The Bertz CT molecular complexity index is 242. The summed E-state index contributed by atoms with van der Waals surface area (Å²) in [6.45, 7) is 4.19. The number of methoxy groups -OCH3 is 1. The molecule has 1 aromatic rings. The molecule has 0 spiro atoms. The highest BCUT2D eigenvalue weighted by Gasteiger charge is 2.15. The van der Waals surface area contributed by atoms with Gasteiger partial charge in [-0.1, -0.05) is 13.8 Å². The van der Waals surface area contributed by atoms with Crippen LogP contribution in [0, 0.1) is 5.92 Å². The smallest absolute Gasteiger partial charge is 0.195 e. The molecule has 0 unspecified atom stereocenters. The van der Waals surface area contributed by atoms with Crippen molar-refractivity contribution in [3.63, 3.8) is 0 Å². The van der Waals surface area contributed by atoms with Crippen molar-refractivity contribution in [2.45, 2.75) is 19.9 Å². The molecule has 68 valence electrons. The standard InChI is InChI=1S/C9H16N2O/c1-6(2)8(10)7-4-5-11-9(7)12-3/h4-6,8,11H,10H2,1-3H3/t8-/m1/s1. The summed E-state index contributed by atoms with van der Waals surface area (Å²) in [5.41, 5.74) is 7.01. The number of nitrogens with one attached hydrogen (secondary N) is 1. The molecule has 0 saturated carbocycles. The summed E-state index contributed by atoms with van der Waals surface area (Å²) in [6.07, 6.45) is 1.84. The van der Waals surface area contributed by atoms with Crippen molar-refractivity contribution in [1.29, 1.82) is 0 Å². The fraction of sp³-hybridized carbons (Fsp3) is 0.556. The van der Waals surface area contributed by atoms with Crippen LogP contribution in [0.15, 0.2) is 12.3 Å². The van der Waals surface area contributed by atoms with Crippen LogP contribution in [0.5, 0.6) is 5.88 Å². The fourth-order valence-electron chi connectivity index (χ4n) is 1.16. The van der Waals surface area contributed by atoms with Crippen molar-refractivity contribution < 1.29 is 4.74 Å². The lowest BCUT2D eigenvalue weighted by Gasteiger charge is -2.15. The highest BCUT2D eigenvalue weighted by Crippen LogP contribution is 2.26. The van der Waals surface area contributed by atoms with Gasteiger partial charge in [0.25, 0.3) is 0 Å². The van der Waals surface area contributed by atoms with Gasteiger partial charge in [0.15, 0.2) is 5.88 Å². The SMILES string of the molecule is COc1[nH]ccc1[C@H](N)C(C)C. The van der Waals surface area contributed by atoms with Gasteiger partial charge < -0.3 is 15.5 Å². The van der Waals surface area contributed by atoms with Crippen LogP contribution in [0.25, 0.3) is 0 Å². The topological polar surface area (TPSA) is 51.0 Å². The Morgan fingerprint density at radius 3 is 2.67 bits per heavy atom. The largest absolute Gasteiger partial charge is 0.482 e. The second-order valence-electron chi connectivity index (χ2n) is 3.24. The maximum Gasteiger partial charge on any atom is 0.195 e. The molecule has 0 radical (unpaired) electrons. The van der Waals surface area contributed by atoms with Crippen LogP contribution in [-0.4, -0.2) is 12.1 Å². The van der Waals surface area contributed by atoms with Crippen LogP contribution in [-0.2, 0) is 0 Å². The molecule has 12 heavy (non-hydrogen) atoms. The van der Waals surface area contributed by atoms with E-state index < -0.39 is 0 Å². The van der Waals surface area contributed by atoms with Crippen molar-refractivity contribution in [2.75, 3.05) is 7.11 Å². The molecule has 0 aromatic carbocycles. The molecule has 0 aliphatic heterocycles. The molecule has 1 atom stereocenters. The number of ether oxygens (including phenoxy) is 1. The zero-order chi connectivity index (χ0) is 9.14. The molecule has 0 fully saturated rings. The van der Waals surface area contributed by atoms with E-state index in [9.17, 15) is 0 Å². The normalized spacial score (nSPS) is 13.4. The molecule has 1 aromatic heterocycles. The Morgan fingerprint density at radius 2 is 2.17 bits per heavy atom. The minimum Gasteiger partial charge on any atom is -0.482 e. The van der Waals surface area contributed by atoms with E-state index in [1.54, 1.807) is 7.11 Å². The van der Waals surface area contributed by atoms with Crippen molar-refractivity contribution in [2.24, 2.45) is 11.7 Å². The average Bonchev–Trinajstić information content (AvgIpc) is 2.49. The number of H-pyrrole nitrogens is 1. The summed E-state index contributed by atoms with van der Waals surface area (Å²) in [7, 11) is 1.64. The van der Waals surface area contributed by atoms with Gasteiger partial charge in [-0.3, -0.25) is 0 Å². The number of aromatic amines is 1. The first kappa shape index (κ1) is 9.13. The number of nitrogens with two attached hydrogens (primary N) is 1. The molecule has 0 saturated heterocycles. The number of rotatable bonds is 3. The fourth-order valence-corrected chi connectivity index (χ4v) is 1.16. The first-order chi connectivity index (χ1) is 5.66. The van der Waals surface area contributed by atoms with Crippen LogP contribution in [0.4, 0.5) is 0 Å². The number of aromatic nitrogens is 1. The lowest BCUT2D eigenvalue weighted by molar-refractivity contribution is 0.384. The van der Waals surface area contributed by atoms with E-state index >= 15 is 0 Å². The zero-order valence-corrected chi connectivity index (χ0v) is 7.79. The molecule has 0 amide bonds. The first-order valence-corrected chi connectivity index (χ1v) is 4.13. The van der Waals surface area contributed by atoms with Gasteiger partial charge in [-0.05, 0) is 12.0 Å². The van der Waals surface area contributed by atoms with E-state index in [0.29, 0.717) is 5.92 Å². The lowest BCUT2D eigenvalue weighted by Crippen LogP contribution is -2.16. The molecule has 3 nitrogen and oxygen atoms in total. The van der Waals surface area contributed by atoms with E-state index in [1.807, 2.05) is 12.3 Å². The van der Waals surface area contributed by atoms with Gasteiger partial charge >= 0.3 is 0 Å². The van der Waals surface area contributed by atoms with E-state index in [-0.39, 0.29) is 6.04 Å². The van der Waals surface area contributed by atoms with Crippen LogP contribution in [0.3, 0.4) is 0 Å². The van der Waals surface area contributed by atoms with Gasteiger partial charge in [0.05, 0.1) is 7.11 Å². The third-order valence-electron chi connectivity index (χ3n) is 2.02. The predicted octanol–water partition coefficient (Wildman–Crippen LogP) is 1.68. The third kappa shape index (κ3) is 1.61. The molecule has 1 heterocycles. The average molecular weight is 168 g/mol. The Labute approximate surface area is 72.9 Å². The minimum absolute atomic E-state index is 0.0474. The van der Waals surface area contributed by atoms with Crippen LogP contribution >= 0.6 is 0 Å². The Hall–Kier alpha value is -0.960. The van der Waals surface area contributed by atoms with Crippen molar-refractivity contribution >= 4 is 0 Å². The number of hydrogen-bond acceptors (Lipinski definition) is 2. The second kappa shape index (κ2) is 3.63. The number of hydrogen-bond donors (Lipinski definition) is 2.